The van der Waals surface area contributed by atoms with Crippen LogP contribution in [0.15, 0.2) is 54.9 Å². The van der Waals surface area contributed by atoms with E-state index in [9.17, 15) is 0 Å². The lowest BCUT2D eigenvalue weighted by atomic mass is 10.1. The average Bonchev–Trinajstić information content (AvgIpc) is 2.39. The molecule has 0 spiro atoms. The van der Waals surface area contributed by atoms with Crippen LogP contribution in [0.2, 0.25) is 5.15 Å². The van der Waals surface area contributed by atoms with E-state index in [0.29, 0.717) is 5.15 Å². The first-order valence-electron chi connectivity index (χ1n) is 5.30. The van der Waals surface area contributed by atoms with Gasteiger partial charge in [0.1, 0.15) is 5.15 Å². The molecular formula is C14H9ClN2. The van der Waals surface area contributed by atoms with Gasteiger partial charge in [0.05, 0.1) is 5.69 Å². The van der Waals surface area contributed by atoms with E-state index < -0.39 is 0 Å². The molecular weight excluding hydrogens is 232 g/mol. The third kappa shape index (κ3) is 1.99. The normalized spacial score (nSPS) is 10.6. The Bertz CT molecular complexity index is 665. The van der Waals surface area contributed by atoms with E-state index in [2.05, 4.69) is 9.97 Å². The van der Waals surface area contributed by atoms with E-state index in [1.165, 1.54) is 0 Å². The first kappa shape index (κ1) is 10.2. The maximum Gasteiger partial charge on any atom is 0.129 e. The van der Waals surface area contributed by atoms with Crippen LogP contribution in [0.3, 0.4) is 0 Å². The molecule has 0 atom stereocenters. The number of hydrogen-bond donors (Lipinski definition) is 0. The number of aromatic nitrogens is 2. The minimum absolute atomic E-state index is 0.503. The summed E-state index contributed by atoms with van der Waals surface area (Å²) in [7, 11) is 0. The summed E-state index contributed by atoms with van der Waals surface area (Å²) in [5.74, 6) is 0. The van der Waals surface area contributed by atoms with Crippen molar-refractivity contribution >= 4 is 22.4 Å². The molecule has 0 radical (unpaired) electrons. The molecule has 1 aromatic carbocycles. The Labute approximate surface area is 104 Å². The Morgan fingerprint density at radius 2 is 1.59 bits per heavy atom. The third-order valence-corrected chi connectivity index (χ3v) is 2.85. The van der Waals surface area contributed by atoms with E-state index in [1.807, 2.05) is 48.7 Å². The molecule has 0 amide bonds. The van der Waals surface area contributed by atoms with E-state index in [1.54, 1.807) is 6.20 Å². The zero-order chi connectivity index (χ0) is 11.7. The van der Waals surface area contributed by atoms with Crippen molar-refractivity contribution in [3.63, 3.8) is 0 Å². The average molecular weight is 241 g/mol. The number of rotatable bonds is 1. The molecule has 0 aliphatic heterocycles. The van der Waals surface area contributed by atoms with Gasteiger partial charge in [-0.25, -0.2) is 4.98 Å². The van der Waals surface area contributed by atoms with E-state index in [4.69, 9.17) is 11.6 Å². The van der Waals surface area contributed by atoms with E-state index >= 15 is 0 Å². The molecule has 2 heterocycles. The van der Waals surface area contributed by atoms with Gasteiger partial charge in [0.25, 0.3) is 0 Å². The van der Waals surface area contributed by atoms with Gasteiger partial charge in [0, 0.05) is 23.3 Å². The lowest BCUT2D eigenvalue weighted by molar-refractivity contribution is 1.32. The standard InChI is InChI=1S/C14H9ClN2/c15-14-7-11-6-13(10-4-2-1-3-5-10)16-8-12(11)9-17-14/h1-9H. The summed E-state index contributed by atoms with van der Waals surface area (Å²) < 4.78 is 0. The van der Waals surface area contributed by atoms with Crippen molar-refractivity contribution in [1.29, 1.82) is 0 Å². The molecule has 2 aromatic heterocycles. The number of hydrogen-bond acceptors (Lipinski definition) is 2. The van der Waals surface area contributed by atoms with Gasteiger partial charge in [-0.15, -0.1) is 0 Å². The van der Waals surface area contributed by atoms with Crippen molar-refractivity contribution in [2.75, 3.05) is 0 Å². The number of pyridine rings is 2. The summed E-state index contributed by atoms with van der Waals surface area (Å²) in [6.45, 7) is 0. The smallest absolute Gasteiger partial charge is 0.129 e. The Hall–Kier alpha value is -1.93. The van der Waals surface area contributed by atoms with Gasteiger partial charge in [0.2, 0.25) is 0 Å². The minimum Gasteiger partial charge on any atom is -0.256 e. The first-order valence-corrected chi connectivity index (χ1v) is 5.67. The molecule has 0 bridgehead atoms. The van der Waals surface area contributed by atoms with Crippen LogP contribution in [0.25, 0.3) is 22.0 Å². The molecule has 0 fully saturated rings. The summed E-state index contributed by atoms with van der Waals surface area (Å²) >= 11 is 5.89. The Morgan fingerprint density at radius 3 is 2.41 bits per heavy atom. The lowest BCUT2D eigenvalue weighted by Crippen LogP contribution is -1.85. The van der Waals surface area contributed by atoms with E-state index in [-0.39, 0.29) is 0 Å². The van der Waals surface area contributed by atoms with Crippen LogP contribution in [-0.4, -0.2) is 9.97 Å². The quantitative estimate of drug-likeness (QED) is 0.602. The summed E-state index contributed by atoms with van der Waals surface area (Å²) in [5.41, 5.74) is 2.04. The van der Waals surface area contributed by atoms with Gasteiger partial charge >= 0.3 is 0 Å². The predicted octanol–water partition coefficient (Wildman–Crippen LogP) is 3.95. The Kier molecular flexibility index (Phi) is 2.50. The highest BCUT2D eigenvalue weighted by Gasteiger charge is 2.01. The number of fused-ring (bicyclic) bond motifs is 1. The van der Waals surface area contributed by atoms with Gasteiger partial charge in [0.15, 0.2) is 0 Å². The number of nitrogens with zero attached hydrogens (tertiary/aromatic N) is 2. The van der Waals surface area contributed by atoms with Gasteiger partial charge in [-0.2, -0.15) is 0 Å². The van der Waals surface area contributed by atoms with Crippen molar-refractivity contribution < 1.29 is 0 Å². The fraction of sp³-hybridized carbons (Fsp3) is 0. The Balaban J connectivity index is 2.19. The fourth-order valence-corrected chi connectivity index (χ4v) is 1.94. The van der Waals surface area contributed by atoms with Crippen molar-refractivity contribution in [2.45, 2.75) is 0 Å². The molecule has 0 saturated carbocycles. The summed E-state index contributed by atoms with van der Waals surface area (Å²) in [4.78, 5) is 8.46. The van der Waals surface area contributed by atoms with Crippen molar-refractivity contribution in [3.8, 4) is 11.3 Å². The molecule has 0 aliphatic carbocycles. The monoisotopic (exact) mass is 240 g/mol. The second-order valence-electron chi connectivity index (χ2n) is 3.79. The molecule has 0 N–H and O–H groups in total. The second-order valence-corrected chi connectivity index (χ2v) is 4.18. The summed E-state index contributed by atoms with van der Waals surface area (Å²) in [6, 6.07) is 13.9. The highest BCUT2D eigenvalue weighted by molar-refractivity contribution is 6.30. The zero-order valence-corrected chi connectivity index (χ0v) is 9.72. The van der Waals surface area contributed by atoms with Crippen LogP contribution in [0.1, 0.15) is 0 Å². The molecule has 17 heavy (non-hydrogen) atoms. The van der Waals surface area contributed by atoms with Crippen LogP contribution in [-0.2, 0) is 0 Å². The highest BCUT2D eigenvalue weighted by atomic mass is 35.5. The molecule has 3 rings (SSSR count). The van der Waals surface area contributed by atoms with Crippen LogP contribution in [0.4, 0.5) is 0 Å². The van der Waals surface area contributed by atoms with Crippen LogP contribution in [0.5, 0.6) is 0 Å². The predicted molar refractivity (Wildman–Crippen MR) is 70.0 cm³/mol. The van der Waals surface area contributed by atoms with Gasteiger partial charge < -0.3 is 0 Å². The van der Waals surface area contributed by atoms with E-state index in [0.717, 1.165) is 22.0 Å². The second kappa shape index (κ2) is 4.15. The summed E-state index contributed by atoms with van der Waals surface area (Å²) in [6.07, 6.45) is 3.56. The SMILES string of the molecule is Clc1cc2cc(-c3ccccc3)ncc2cn1. The number of benzene rings is 1. The van der Waals surface area contributed by atoms with Crippen LogP contribution in [0, 0.1) is 0 Å². The lowest BCUT2D eigenvalue weighted by Gasteiger charge is -2.03. The van der Waals surface area contributed by atoms with Crippen LogP contribution < -0.4 is 0 Å². The Morgan fingerprint density at radius 1 is 0.824 bits per heavy atom. The zero-order valence-electron chi connectivity index (χ0n) is 8.97. The van der Waals surface area contributed by atoms with Gasteiger partial charge in [-0.05, 0) is 17.5 Å². The molecule has 0 saturated heterocycles. The van der Waals surface area contributed by atoms with Crippen molar-refractivity contribution in [2.24, 2.45) is 0 Å². The number of halogens is 1. The maximum absolute atomic E-state index is 5.89. The maximum atomic E-state index is 5.89. The van der Waals surface area contributed by atoms with Gasteiger partial charge in [-0.1, -0.05) is 41.9 Å². The highest BCUT2D eigenvalue weighted by Crippen LogP contribution is 2.22. The topological polar surface area (TPSA) is 25.8 Å². The van der Waals surface area contributed by atoms with Crippen LogP contribution >= 0.6 is 11.6 Å². The third-order valence-electron chi connectivity index (χ3n) is 2.64. The molecule has 0 aliphatic rings. The largest absolute Gasteiger partial charge is 0.256 e. The minimum atomic E-state index is 0.503. The molecule has 3 aromatic rings. The van der Waals surface area contributed by atoms with Crippen molar-refractivity contribution in [3.05, 3.63) is 60.0 Å². The van der Waals surface area contributed by atoms with Crippen molar-refractivity contribution in [1.82, 2.24) is 9.97 Å². The summed E-state index contributed by atoms with van der Waals surface area (Å²) in [5, 5.41) is 2.55. The molecule has 3 heteroatoms. The molecule has 0 unspecified atom stereocenters. The molecule has 82 valence electrons. The molecule has 2 nitrogen and oxygen atoms in total. The first-order chi connectivity index (χ1) is 8.33. The van der Waals surface area contributed by atoms with Gasteiger partial charge in [-0.3, -0.25) is 4.98 Å². The fourth-order valence-electron chi connectivity index (χ4n) is 1.78.